The van der Waals surface area contributed by atoms with Crippen LogP contribution in [0.1, 0.15) is 5.56 Å². The Morgan fingerprint density at radius 2 is 2.26 bits per heavy atom. The van der Waals surface area contributed by atoms with Gasteiger partial charge in [-0.15, -0.1) is 0 Å². The summed E-state index contributed by atoms with van der Waals surface area (Å²) in [5.74, 6) is 0.451. The average Bonchev–Trinajstić information content (AvgIpc) is 3.09. The zero-order chi connectivity index (χ0) is 19.1. The molecule has 2 aromatic heterocycles. The molecule has 8 nitrogen and oxygen atoms in total. The molecule has 0 bridgehead atoms. The third-order valence-electron chi connectivity index (χ3n) is 3.57. The zero-order valence-corrected chi connectivity index (χ0v) is 14.2. The molecule has 9 heteroatoms. The van der Waals surface area contributed by atoms with Crippen LogP contribution in [0.3, 0.4) is 0 Å². The molecular formula is C18H17FN4O4. The van der Waals surface area contributed by atoms with E-state index in [9.17, 15) is 9.18 Å². The molecule has 0 aliphatic heterocycles. The molecule has 3 rings (SSSR count). The van der Waals surface area contributed by atoms with E-state index in [0.29, 0.717) is 35.7 Å². The Labute approximate surface area is 153 Å². The second kappa shape index (κ2) is 8.65. The number of hydrogen-bond acceptors (Lipinski definition) is 6. The first-order chi connectivity index (χ1) is 13.1. The van der Waals surface area contributed by atoms with Crippen molar-refractivity contribution in [2.75, 3.05) is 18.5 Å². The van der Waals surface area contributed by atoms with Gasteiger partial charge in [0.05, 0.1) is 6.33 Å². The van der Waals surface area contributed by atoms with Crippen LogP contribution >= 0.6 is 0 Å². The van der Waals surface area contributed by atoms with Gasteiger partial charge in [-0.05, 0) is 23.8 Å². The fourth-order valence-corrected chi connectivity index (χ4v) is 2.24. The topological polar surface area (TPSA) is 110 Å². The SMILES string of the molecule is O=C(O)NC/C(=C\F)COc1ccc2nc(NCc3cccnc3)oc2c1. The normalized spacial score (nSPS) is 11.4. The lowest BCUT2D eigenvalue weighted by Gasteiger charge is -2.08. The average molecular weight is 372 g/mol. The summed E-state index contributed by atoms with van der Waals surface area (Å²) in [5, 5.41) is 13.7. The maximum absolute atomic E-state index is 12.8. The first-order valence-corrected chi connectivity index (χ1v) is 8.05. The smallest absolute Gasteiger partial charge is 0.404 e. The van der Waals surface area contributed by atoms with E-state index < -0.39 is 6.09 Å². The second-order valence-electron chi connectivity index (χ2n) is 5.58. The number of amides is 1. The molecule has 0 unspecified atom stereocenters. The van der Waals surface area contributed by atoms with Crippen LogP contribution in [0.4, 0.5) is 15.2 Å². The zero-order valence-electron chi connectivity index (χ0n) is 14.2. The molecular weight excluding hydrogens is 355 g/mol. The highest BCUT2D eigenvalue weighted by Crippen LogP contribution is 2.24. The molecule has 0 aliphatic carbocycles. The van der Waals surface area contributed by atoms with E-state index in [0.717, 1.165) is 5.56 Å². The molecule has 2 heterocycles. The highest BCUT2D eigenvalue weighted by molar-refractivity contribution is 5.76. The summed E-state index contributed by atoms with van der Waals surface area (Å²) >= 11 is 0. The second-order valence-corrected chi connectivity index (χ2v) is 5.58. The predicted molar refractivity (Wildman–Crippen MR) is 96.3 cm³/mol. The van der Waals surface area contributed by atoms with Crippen LogP contribution in [-0.2, 0) is 6.54 Å². The van der Waals surface area contributed by atoms with E-state index in [1.165, 1.54) is 0 Å². The van der Waals surface area contributed by atoms with E-state index in [2.05, 4.69) is 20.6 Å². The summed E-state index contributed by atoms with van der Waals surface area (Å²) < 4.78 is 23.9. The van der Waals surface area contributed by atoms with Crippen molar-refractivity contribution in [3.05, 3.63) is 60.2 Å². The predicted octanol–water partition coefficient (Wildman–Crippen LogP) is 3.33. The first kappa shape index (κ1) is 18.2. The summed E-state index contributed by atoms with van der Waals surface area (Å²) in [6, 6.07) is 9.18. The summed E-state index contributed by atoms with van der Waals surface area (Å²) in [4.78, 5) is 18.8. The standard InChI is InChI=1S/C18H17FN4O4/c19-7-13(10-22-18(24)25)11-26-14-3-4-15-16(6-14)27-17(23-15)21-9-12-2-1-5-20-8-12/h1-8,22H,9-11H2,(H,21,23)(H,24,25)/b13-7+. The number of oxazole rings is 1. The molecule has 0 atom stereocenters. The van der Waals surface area contributed by atoms with Crippen molar-refractivity contribution in [2.24, 2.45) is 0 Å². The summed E-state index contributed by atoms with van der Waals surface area (Å²) in [7, 11) is 0. The van der Waals surface area contributed by atoms with Gasteiger partial charge in [-0.3, -0.25) is 4.98 Å². The van der Waals surface area contributed by atoms with Crippen LogP contribution < -0.4 is 15.4 Å². The number of fused-ring (bicyclic) bond motifs is 1. The third-order valence-corrected chi connectivity index (χ3v) is 3.57. The van der Waals surface area contributed by atoms with Crippen LogP contribution in [-0.4, -0.2) is 34.3 Å². The van der Waals surface area contributed by atoms with E-state index in [1.807, 2.05) is 12.1 Å². The molecule has 0 radical (unpaired) electrons. The number of halogens is 1. The summed E-state index contributed by atoms with van der Waals surface area (Å²) in [6.07, 6.45) is 2.54. The number of aromatic nitrogens is 2. The molecule has 0 fully saturated rings. The Kier molecular flexibility index (Phi) is 5.83. The number of carbonyl (C=O) groups is 1. The van der Waals surface area contributed by atoms with Crippen LogP contribution in [0.2, 0.25) is 0 Å². The van der Waals surface area contributed by atoms with Crippen LogP contribution in [0.15, 0.2) is 59.0 Å². The quantitative estimate of drug-likeness (QED) is 0.556. The van der Waals surface area contributed by atoms with Gasteiger partial charge >= 0.3 is 6.09 Å². The maximum Gasteiger partial charge on any atom is 0.404 e. The minimum absolute atomic E-state index is 0.0947. The number of nitrogens with zero attached hydrogens (tertiary/aromatic N) is 2. The largest absolute Gasteiger partial charge is 0.489 e. The number of carboxylic acid groups (broad SMARTS) is 1. The Morgan fingerprint density at radius 3 is 3.00 bits per heavy atom. The minimum atomic E-state index is -1.23. The van der Waals surface area contributed by atoms with Crippen molar-refractivity contribution in [3.8, 4) is 5.75 Å². The Bertz CT molecular complexity index is 943. The number of ether oxygens (including phenoxy) is 1. The number of pyridine rings is 1. The molecule has 140 valence electrons. The maximum atomic E-state index is 12.8. The van der Waals surface area contributed by atoms with Crippen molar-refractivity contribution in [2.45, 2.75) is 6.54 Å². The highest BCUT2D eigenvalue weighted by Gasteiger charge is 2.08. The molecule has 0 spiro atoms. The van der Waals surface area contributed by atoms with E-state index in [1.54, 1.807) is 30.6 Å². The third kappa shape index (κ3) is 5.18. The molecule has 0 saturated heterocycles. The molecule has 1 amide bonds. The fraction of sp³-hybridized carbons (Fsp3) is 0.167. The van der Waals surface area contributed by atoms with Gasteiger partial charge in [0.15, 0.2) is 5.58 Å². The van der Waals surface area contributed by atoms with Crippen molar-refractivity contribution in [1.82, 2.24) is 15.3 Å². The van der Waals surface area contributed by atoms with E-state index in [-0.39, 0.29) is 18.7 Å². The van der Waals surface area contributed by atoms with Gasteiger partial charge in [0.25, 0.3) is 6.01 Å². The molecule has 0 aliphatic rings. The van der Waals surface area contributed by atoms with Gasteiger partial charge in [-0.2, -0.15) is 4.98 Å². The van der Waals surface area contributed by atoms with Crippen LogP contribution in [0.5, 0.6) is 5.75 Å². The lowest BCUT2D eigenvalue weighted by molar-refractivity contribution is 0.195. The molecule has 3 aromatic rings. The van der Waals surface area contributed by atoms with E-state index >= 15 is 0 Å². The van der Waals surface area contributed by atoms with Crippen LogP contribution in [0.25, 0.3) is 11.1 Å². The van der Waals surface area contributed by atoms with Gasteiger partial charge in [0, 0.05) is 37.1 Å². The monoisotopic (exact) mass is 372 g/mol. The Morgan fingerprint density at radius 1 is 1.37 bits per heavy atom. The molecule has 27 heavy (non-hydrogen) atoms. The van der Waals surface area contributed by atoms with Crippen LogP contribution in [0, 0.1) is 0 Å². The van der Waals surface area contributed by atoms with Gasteiger partial charge in [-0.1, -0.05) is 6.07 Å². The number of nitrogens with one attached hydrogen (secondary N) is 2. The van der Waals surface area contributed by atoms with Crippen molar-refractivity contribution >= 4 is 23.2 Å². The summed E-state index contributed by atoms with van der Waals surface area (Å²) in [6.45, 7) is 0.270. The minimum Gasteiger partial charge on any atom is -0.489 e. The van der Waals surface area contributed by atoms with Gasteiger partial charge in [0.1, 0.15) is 17.9 Å². The Balaban J connectivity index is 1.60. The number of anilines is 1. The van der Waals surface area contributed by atoms with E-state index in [4.69, 9.17) is 14.3 Å². The lowest BCUT2D eigenvalue weighted by atomic mass is 10.3. The van der Waals surface area contributed by atoms with Gasteiger partial charge in [0.2, 0.25) is 0 Å². The van der Waals surface area contributed by atoms with Crippen molar-refractivity contribution in [1.29, 1.82) is 0 Å². The Hall–Kier alpha value is -3.62. The van der Waals surface area contributed by atoms with Crippen molar-refractivity contribution in [3.63, 3.8) is 0 Å². The molecule has 0 saturated carbocycles. The number of hydrogen-bond donors (Lipinski definition) is 3. The van der Waals surface area contributed by atoms with Crippen molar-refractivity contribution < 1.29 is 23.4 Å². The number of benzene rings is 1. The first-order valence-electron chi connectivity index (χ1n) is 8.05. The fourth-order valence-electron chi connectivity index (χ4n) is 2.24. The van der Waals surface area contributed by atoms with Gasteiger partial charge < -0.3 is 24.9 Å². The molecule has 3 N–H and O–H groups in total. The lowest BCUT2D eigenvalue weighted by Crippen LogP contribution is -2.25. The summed E-state index contributed by atoms with van der Waals surface area (Å²) in [5.41, 5.74) is 2.30. The van der Waals surface area contributed by atoms with Gasteiger partial charge in [-0.25, -0.2) is 9.18 Å². The highest BCUT2D eigenvalue weighted by atomic mass is 19.1. The molecule has 1 aromatic carbocycles. The number of rotatable bonds is 8.